The summed E-state index contributed by atoms with van der Waals surface area (Å²) < 4.78 is 5.36. The van der Waals surface area contributed by atoms with Crippen LogP contribution in [-0.4, -0.2) is 47.1 Å². The van der Waals surface area contributed by atoms with Crippen molar-refractivity contribution in [2.24, 2.45) is 0 Å². The Morgan fingerprint density at radius 2 is 1.71 bits per heavy atom. The zero-order chi connectivity index (χ0) is 21.2. The minimum Gasteiger partial charge on any atom is -0.368 e. The topological polar surface area (TPSA) is 62.5 Å². The molecule has 0 bridgehead atoms. The molecular weight excluding hydrogens is 388 g/mol. The molecule has 1 aromatic heterocycles. The van der Waals surface area contributed by atoms with Crippen molar-refractivity contribution in [1.82, 2.24) is 15.0 Å². The second-order valence-electron chi connectivity index (χ2n) is 8.33. The minimum atomic E-state index is 0.0687. The second-order valence-corrected chi connectivity index (χ2v) is 8.33. The lowest BCUT2D eigenvalue weighted by atomic mass is 10.1. The van der Waals surface area contributed by atoms with E-state index in [1.807, 2.05) is 35.2 Å². The SMILES string of the molecule is Cc1ccc(C=CC(=O)N2CCN(c3ccc(-c4noc(C5CC5)n4)cc3)CC2)cc1. The van der Waals surface area contributed by atoms with Gasteiger partial charge in [0.05, 0.1) is 0 Å². The number of carbonyl (C=O) groups is 1. The number of hydrogen-bond donors (Lipinski definition) is 0. The molecule has 0 unspecified atom stereocenters. The van der Waals surface area contributed by atoms with Gasteiger partial charge in [-0.15, -0.1) is 0 Å². The lowest BCUT2D eigenvalue weighted by Gasteiger charge is -2.35. The number of amides is 1. The molecule has 1 saturated heterocycles. The first kappa shape index (κ1) is 19.5. The van der Waals surface area contributed by atoms with E-state index in [9.17, 15) is 4.79 Å². The normalized spacial score (nSPS) is 16.8. The van der Waals surface area contributed by atoms with Crippen molar-refractivity contribution in [3.8, 4) is 11.4 Å². The summed E-state index contributed by atoms with van der Waals surface area (Å²) >= 11 is 0. The summed E-state index contributed by atoms with van der Waals surface area (Å²) in [4.78, 5) is 21.3. The van der Waals surface area contributed by atoms with E-state index in [0.29, 0.717) is 24.8 Å². The fourth-order valence-corrected chi connectivity index (χ4v) is 3.81. The van der Waals surface area contributed by atoms with Crippen molar-refractivity contribution >= 4 is 17.7 Å². The number of rotatable bonds is 5. The summed E-state index contributed by atoms with van der Waals surface area (Å²) in [5, 5.41) is 4.11. The van der Waals surface area contributed by atoms with Crippen LogP contribution in [0.5, 0.6) is 0 Å². The van der Waals surface area contributed by atoms with Crippen LogP contribution in [0.25, 0.3) is 17.5 Å². The Labute approximate surface area is 182 Å². The van der Waals surface area contributed by atoms with Crippen LogP contribution >= 0.6 is 0 Å². The van der Waals surface area contributed by atoms with Crippen molar-refractivity contribution < 1.29 is 9.32 Å². The van der Waals surface area contributed by atoms with Gasteiger partial charge in [-0.2, -0.15) is 4.98 Å². The maximum absolute atomic E-state index is 12.5. The quantitative estimate of drug-likeness (QED) is 0.583. The fourth-order valence-electron chi connectivity index (χ4n) is 3.81. The molecule has 1 aliphatic heterocycles. The molecule has 2 fully saturated rings. The molecule has 0 radical (unpaired) electrons. The third kappa shape index (κ3) is 4.53. The van der Waals surface area contributed by atoms with E-state index < -0.39 is 0 Å². The van der Waals surface area contributed by atoms with Crippen LogP contribution in [0.3, 0.4) is 0 Å². The third-order valence-corrected chi connectivity index (χ3v) is 5.95. The molecular formula is C25H26N4O2. The van der Waals surface area contributed by atoms with Gasteiger partial charge in [0.1, 0.15) is 0 Å². The molecule has 2 heterocycles. The maximum atomic E-state index is 12.5. The Hall–Kier alpha value is -3.41. The number of hydrogen-bond acceptors (Lipinski definition) is 5. The third-order valence-electron chi connectivity index (χ3n) is 5.95. The van der Waals surface area contributed by atoms with Crippen LogP contribution in [0.2, 0.25) is 0 Å². The van der Waals surface area contributed by atoms with E-state index in [0.717, 1.165) is 48.6 Å². The van der Waals surface area contributed by atoms with Gasteiger partial charge in [-0.25, -0.2) is 0 Å². The first-order chi connectivity index (χ1) is 15.2. The van der Waals surface area contributed by atoms with E-state index >= 15 is 0 Å². The summed E-state index contributed by atoms with van der Waals surface area (Å²) in [6.07, 6.45) is 5.86. The van der Waals surface area contributed by atoms with Crippen molar-refractivity contribution in [2.45, 2.75) is 25.7 Å². The van der Waals surface area contributed by atoms with Crippen molar-refractivity contribution in [2.75, 3.05) is 31.1 Å². The Morgan fingerprint density at radius 3 is 2.39 bits per heavy atom. The van der Waals surface area contributed by atoms with E-state index in [1.165, 1.54) is 5.56 Å². The molecule has 2 aliphatic rings. The highest BCUT2D eigenvalue weighted by Gasteiger charge is 2.29. The summed E-state index contributed by atoms with van der Waals surface area (Å²) in [5.41, 5.74) is 4.38. The number of carbonyl (C=O) groups excluding carboxylic acids is 1. The Balaban J connectivity index is 1.16. The summed E-state index contributed by atoms with van der Waals surface area (Å²) in [6, 6.07) is 16.4. The Kier molecular flexibility index (Phi) is 5.28. The van der Waals surface area contributed by atoms with Crippen LogP contribution in [0.15, 0.2) is 59.1 Å². The smallest absolute Gasteiger partial charge is 0.246 e. The average Bonchev–Trinajstić information content (AvgIpc) is 3.55. The highest BCUT2D eigenvalue weighted by atomic mass is 16.5. The summed E-state index contributed by atoms with van der Waals surface area (Å²) in [6.45, 7) is 5.12. The molecule has 2 aromatic carbocycles. The van der Waals surface area contributed by atoms with Gasteiger partial charge in [0.2, 0.25) is 17.6 Å². The first-order valence-electron chi connectivity index (χ1n) is 10.9. The van der Waals surface area contributed by atoms with Gasteiger partial charge in [-0.05, 0) is 55.7 Å². The highest BCUT2D eigenvalue weighted by Crippen LogP contribution is 2.39. The number of aryl methyl sites for hydroxylation is 1. The average molecular weight is 415 g/mol. The van der Waals surface area contributed by atoms with Gasteiger partial charge in [0.15, 0.2) is 0 Å². The van der Waals surface area contributed by atoms with E-state index in [4.69, 9.17) is 4.52 Å². The molecule has 3 aromatic rings. The zero-order valence-corrected chi connectivity index (χ0v) is 17.7. The number of aromatic nitrogens is 2. The van der Waals surface area contributed by atoms with Crippen LogP contribution in [0.4, 0.5) is 5.69 Å². The van der Waals surface area contributed by atoms with E-state index in [1.54, 1.807) is 6.08 Å². The largest absolute Gasteiger partial charge is 0.368 e. The van der Waals surface area contributed by atoms with Crippen LogP contribution < -0.4 is 4.90 Å². The lowest BCUT2D eigenvalue weighted by molar-refractivity contribution is -0.126. The predicted octanol–water partition coefficient (Wildman–Crippen LogP) is 4.28. The maximum Gasteiger partial charge on any atom is 0.246 e. The lowest BCUT2D eigenvalue weighted by Crippen LogP contribution is -2.48. The molecule has 0 spiro atoms. The first-order valence-corrected chi connectivity index (χ1v) is 10.9. The number of anilines is 1. The van der Waals surface area contributed by atoms with Gasteiger partial charge < -0.3 is 14.3 Å². The van der Waals surface area contributed by atoms with Crippen LogP contribution in [0.1, 0.15) is 35.8 Å². The molecule has 1 saturated carbocycles. The van der Waals surface area contributed by atoms with Crippen molar-refractivity contribution in [1.29, 1.82) is 0 Å². The molecule has 158 valence electrons. The van der Waals surface area contributed by atoms with Crippen molar-refractivity contribution in [3.05, 3.63) is 71.6 Å². The molecule has 1 amide bonds. The number of nitrogens with zero attached hydrogens (tertiary/aromatic N) is 4. The minimum absolute atomic E-state index is 0.0687. The molecule has 6 nitrogen and oxygen atoms in total. The van der Waals surface area contributed by atoms with E-state index in [-0.39, 0.29) is 5.91 Å². The molecule has 6 heteroatoms. The second kappa shape index (κ2) is 8.38. The summed E-state index contributed by atoms with van der Waals surface area (Å²) in [5.74, 6) is 1.95. The Morgan fingerprint density at radius 1 is 1.00 bits per heavy atom. The van der Waals surface area contributed by atoms with Crippen LogP contribution in [-0.2, 0) is 4.79 Å². The van der Waals surface area contributed by atoms with Gasteiger partial charge in [-0.1, -0.05) is 35.0 Å². The molecule has 0 atom stereocenters. The Bertz CT molecular complexity index is 1070. The fraction of sp³-hybridized carbons (Fsp3) is 0.320. The van der Waals surface area contributed by atoms with E-state index in [2.05, 4.69) is 46.2 Å². The van der Waals surface area contributed by atoms with Gasteiger partial charge in [0.25, 0.3) is 0 Å². The van der Waals surface area contributed by atoms with Gasteiger partial charge in [0, 0.05) is 49.4 Å². The van der Waals surface area contributed by atoms with Crippen molar-refractivity contribution in [3.63, 3.8) is 0 Å². The van der Waals surface area contributed by atoms with Gasteiger partial charge >= 0.3 is 0 Å². The summed E-state index contributed by atoms with van der Waals surface area (Å²) in [7, 11) is 0. The molecule has 0 N–H and O–H groups in total. The van der Waals surface area contributed by atoms with Crippen LogP contribution in [0, 0.1) is 6.92 Å². The predicted molar refractivity (Wildman–Crippen MR) is 121 cm³/mol. The number of benzene rings is 2. The monoisotopic (exact) mass is 414 g/mol. The number of piperazine rings is 1. The molecule has 1 aliphatic carbocycles. The van der Waals surface area contributed by atoms with Gasteiger partial charge in [-0.3, -0.25) is 4.79 Å². The zero-order valence-electron chi connectivity index (χ0n) is 17.7. The molecule has 5 rings (SSSR count). The molecule has 31 heavy (non-hydrogen) atoms. The standard InChI is InChI=1S/C25H26N4O2/c1-18-2-4-19(5-3-18)6-13-23(30)29-16-14-28(15-17-29)22-11-9-20(10-12-22)24-26-25(31-27-24)21-7-8-21/h2-6,9-13,21H,7-8,14-17H2,1H3. The highest BCUT2D eigenvalue weighted by molar-refractivity contribution is 5.92.